The molecule has 2 aromatic rings. The van der Waals surface area contributed by atoms with E-state index in [1.54, 1.807) is 12.4 Å². The van der Waals surface area contributed by atoms with Crippen molar-refractivity contribution in [1.29, 1.82) is 0 Å². The SMILES string of the molecule is Cc1cccc(OCCC2CC2C2CCN(c3ncc(Cl)cn3)CC2)c1.O=S=O. The van der Waals surface area contributed by atoms with Gasteiger partial charge in [0, 0.05) is 13.1 Å². The van der Waals surface area contributed by atoms with Crippen LogP contribution in [0, 0.1) is 24.7 Å². The van der Waals surface area contributed by atoms with E-state index in [0.717, 1.165) is 49.1 Å². The molecule has 2 fully saturated rings. The van der Waals surface area contributed by atoms with Crippen LogP contribution < -0.4 is 9.64 Å². The van der Waals surface area contributed by atoms with E-state index in [4.69, 9.17) is 24.8 Å². The molecule has 6 nitrogen and oxygen atoms in total. The second-order valence-corrected chi connectivity index (χ2v) is 8.28. The third kappa shape index (κ3) is 6.51. The maximum absolute atomic E-state index is 8.29. The quantitative estimate of drug-likeness (QED) is 0.680. The molecule has 0 bridgehead atoms. The van der Waals surface area contributed by atoms with Crippen molar-refractivity contribution in [2.24, 2.45) is 17.8 Å². The molecular weight excluding hydrogens is 410 g/mol. The monoisotopic (exact) mass is 435 g/mol. The average molecular weight is 436 g/mol. The van der Waals surface area contributed by atoms with Gasteiger partial charge in [-0.1, -0.05) is 23.7 Å². The zero-order valence-corrected chi connectivity index (χ0v) is 18.1. The Bertz CT molecular complexity index is 822. The Hall–Kier alpha value is -1.99. The summed E-state index contributed by atoms with van der Waals surface area (Å²) >= 11 is 5.12. The Morgan fingerprint density at radius 3 is 2.55 bits per heavy atom. The van der Waals surface area contributed by atoms with Crippen LogP contribution >= 0.6 is 11.6 Å². The summed E-state index contributed by atoms with van der Waals surface area (Å²) in [5.41, 5.74) is 1.25. The van der Waals surface area contributed by atoms with Gasteiger partial charge >= 0.3 is 11.6 Å². The van der Waals surface area contributed by atoms with Gasteiger partial charge in [-0.3, -0.25) is 0 Å². The molecule has 2 unspecified atom stereocenters. The lowest BCUT2D eigenvalue weighted by atomic mass is 9.90. The Labute approximate surface area is 180 Å². The molecule has 0 N–H and O–H groups in total. The van der Waals surface area contributed by atoms with Gasteiger partial charge in [0.15, 0.2) is 0 Å². The summed E-state index contributed by atoms with van der Waals surface area (Å²) in [7, 11) is 0. The van der Waals surface area contributed by atoms with Gasteiger partial charge in [0.05, 0.1) is 24.0 Å². The molecule has 8 heteroatoms. The van der Waals surface area contributed by atoms with Crippen LogP contribution in [0.3, 0.4) is 0 Å². The number of anilines is 1. The summed E-state index contributed by atoms with van der Waals surface area (Å²) in [4.78, 5) is 11.0. The van der Waals surface area contributed by atoms with Crippen molar-refractivity contribution in [2.75, 3.05) is 24.6 Å². The van der Waals surface area contributed by atoms with E-state index in [1.165, 1.54) is 31.2 Å². The lowest BCUT2D eigenvalue weighted by Gasteiger charge is -2.32. The highest BCUT2D eigenvalue weighted by atomic mass is 35.5. The summed E-state index contributed by atoms with van der Waals surface area (Å²) in [5, 5.41) is 0.595. The van der Waals surface area contributed by atoms with E-state index in [2.05, 4.69) is 40.0 Å². The van der Waals surface area contributed by atoms with E-state index >= 15 is 0 Å². The minimum Gasteiger partial charge on any atom is -0.494 e. The molecule has 2 aliphatic rings. The summed E-state index contributed by atoms with van der Waals surface area (Å²) in [5.74, 6) is 4.40. The Balaban J connectivity index is 0.000000755. The van der Waals surface area contributed by atoms with Crippen molar-refractivity contribution < 1.29 is 13.2 Å². The first-order valence-electron chi connectivity index (χ1n) is 9.94. The summed E-state index contributed by atoms with van der Waals surface area (Å²) < 4.78 is 22.5. The van der Waals surface area contributed by atoms with E-state index in [1.807, 2.05) is 6.07 Å². The van der Waals surface area contributed by atoms with Crippen LogP contribution in [0.15, 0.2) is 36.7 Å². The fraction of sp³-hybridized carbons (Fsp3) is 0.524. The summed E-state index contributed by atoms with van der Waals surface area (Å²) in [6.45, 7) is 5.04. The van der Waals surface area contributed by atoms with Gasteiger partial charge in [-0.2, -0.15) is 8.42 Å². The molecule has 0 amide bonds. The van der Waals surface area contributed by atoms with Gasteiger partial charge in [-0.05, 0) is 68.1 Å². The highest BCUT2D eigenvalue weighted by Gasteiger charge is 2.43. The molecule has 0 radical (unpaired) electrons. The van der Waals surface area contributed by atoms with Gasteiger partial charge in [-0.25, -0.2) is 9.97 Å². The van der Waals surface area contributed by atoms with Crippen LogP contribution in [0.1, 0.15) is 31.2 Å². The van der Waals surface area contributed by atoms with Gasteiger partial charge in [0.25, 0.3) is 0 Å². The molecule has 156 valence electrons. The highest BCUT2D eigenvalue weighted by molar-refractivity contribution is 7.51. The number of hydrogen-bond acceptors (Lipinski definition) is 6. The molecule has 1 aromatic carbocycles. The van der Waals surface area contributed by atoms with E-state index in [-0.39, 0.29) is 0 Å². The minimum atomic E-state index is -0.750. The number of nitrogens with zero attached hydrogens (tertiary/aromatic N) is 3. The molecule has 1 aliphatic carbocycles. The van der Waals surface area contributed by atoms with Crippen LogP contribution in [0.4, 0.5) is 5.95 Å². The predicted octanol–water partition coefficient (Wildman–Crippen LogP) is 4.09. The smallest absolute Gasteiger partial charge is 0.335 e. The fourth-order valence-electron chi connectivity index (χ4n) is 4.21. The predicted molar refractivity (Wildman–Crippen MR) is 114 cm³/mol. The maximum atomic E-state index is 8.29. The van der Waals surface area contributed by atoms with Crippen molar-refractivity contribution in [3.63, 3.8) is 0 Å². The molecule has 1 aromatic heterocycles. The van der Waals surface area contributed by atoms with E-state index < -0.39 is 11.6 Å². The molecule has 2 heterocycles. The van der Waals surface area contributed by atoms with E-state index in [0.29, 0.717) is 5.02 Å². The van der Waals surface area contributed by atoms with Crippen LogP contribution in [0.5, 0.6) is 5.75 Å². The first kappa shape index (κ1) is 21.7. The van der Waals surface area contributed by atoms with Gasteiger partial charge in [0.1, 0.15) is 5.75 Å². The molecular formula is C21H26ClN3O3S. The van der Waals surface area contributed by atoms with Crippen LogP contribution in [0.2, 0.25) is 5.02 Å². The van der Waals surface area contributed by atoms with Gasteiger partial charge in [-0.15, -0.1) is 0 Å². The topological polar surface area (TPSA) is 72.4 Å². The molecule has 2 atom stereocenters. The molecule has 4 rings (SSSR count). The third-order valence-electron chi connectivity index (χ3n) is 5.76. The van der Waals surface area contributed by atoms with Crippen LogP contribution in [-0.2, 0) is 11.6 Å². The van der Waals surface area contributed by atoms with Crippen LogP contribution in [-0.4, -0.2) is 38.1 Å². The number of aromatic nitrogens is 2. The second-order valence-electron chi connectivity index (χ2n) is 7.71. The number of aryl methyl sites for hydroxylation is 1. The minimum absolute atomic E-state index is 0.595. The number of ether oxygens (including phenoxy) is 1. The van der Waals surface area contributed by atoms with E-state index in [9.17, 15) is 0 Å². The number of benzene rings is 1. The van der Waals surface area contributed by atoms with Crippen molar-refractivity contribution in [3.05, 3.63) is 47.2 Å². The summed E-state index contributed by atoms with van der Waals surface area (Å²) in [6.07, 6.45) is 8.40. The maximum Gasteiger partial charge on any atom is 0.335 e. The van der Waals surface area contributed by atoms with Gasteiger partial charge in [0.2, 0.25) is 5.95 Å². The first-order valence-corrected chi connectivity index (χ1v) is 11.0. The lowest BCUT2D eigenvalue weighted by molar-refractivity contribution is 0.284. The van der Waals surface area contributed by atoms with Crippen molar-refractivity contribution >= 4 is 29.1 Å². The average Bonchev–Trinajstić information content (AvgIpc) is 3.49. The third-order valence-corrected chi connectivity index (χ3v) is 5.95. The number of rotatable bonds is 6. The van der Waals surface area contributed by atoms with Gasteiger partial charge < -0.3 is 9.64 Å². The molecule has 1 aliphatic heterocycles. The van der Waals surface area contributed by atoms with Crippen molar-refractivity contribution in [1.82, 2.24) is 9.97 Å². The molecule has 0 spiro atoms. The Morgan fingerprint density at radius 1 is 1.21 bits per heavy atom. The second kappa shape index (κ2) is 10.7. The Kier molecular flexibility index (Phi) is 8.00. The first-order chi connectivity index (χ1) is 14.1. The Morgan fingerprint density at radius 2 is 1.90 bits per heavy atom. The zero-order chi connectivity index (χ0) is 20.6. The zero-order valence-electron chi connectivity index (χ0n) is 16.5. The van der Waals surface area contributed by atoms with Crippen molar-refractivity contribution in [3.8, 4) is 5.75 Å². The molecule has 1 saturated heterocycles. The fourth-order valence-corrected chi connectivity index (χ4v) is 4.31. The summed E-state index contributed by atoms with van der Waals surface area (Å²) in [6, 6.07) is 8.32. The number of hydrogen-bond donors (Lipinski definition) is 0. The van der Waals surface area contributed by atoms with Crippen LogP contribution in [0.25, 0.3) is 0 Å². The number of halogens is 1. The standard InChI is InChI=1S/C21H26ClN3O.O2S/c1-15-3-2-4-19(11-15)26-10-7-17-12-20(17)16-5-8-25(9-6-16)21-23-13-18(22)14-24-21;1-3-2/h2-4,11,13-14,16-17,20H,5-10,12H2,1H3;. The lowest BCUT2D eigenvalue weighted by Crippen LogP contribution is -2.35. The molecule has 29 heavy (non-hydrogen) atoms. The van der Waals surface area contributed by atoms with Crippen molar-refractivity contribution in [2.45, 2.75) is 32.6 Å². The number of piperidine rings is 1. The normalized spacial score (nSPS) is 21.1. The largest absolute Gasteiger partial charge is 0.494 e. The molecule has 1 saturated carbocycles. The highest BCUT2D eigenvalue weighted by Crippen LogP contribution is 2.49.